The van der Waals surface area contributed by atoms with Crippen LogP contribution in [0.15, 0.2) is 18.2 Å². The first kappa shape index (κ1) is 15.3. The Kier molecular flexibility index (Phi) is 4.70. The summed E-state index contributed by atoms with van der Waals surface area (Å²) in [5.74, 6) is 0. The van der Waals surface area contributed by atoms with Crippen molar-refractivity contribution in [1.29, 1.82) is 0 Å². The Hall–Kier alpha value is -0.713. The van der Waals surface area contributed by atoms with Crippen LogP contribution in [0.4, 0.5) is 0 Å². The number of hydrogen-bond acceptors (Lipinski definition) is 3. The lowest BCUT2D eigenvalue weighted by molar-refractivity contribution is 0.104. The molecule has 4 heteroatoms. The van der Waals surface area contributed by atoms with Gasteiger partial charge in [-0.25, -0.2) is 0 Å². The predicted molar refractivity (Wildman–Crippen MR) is 76.4 cm³/mol. The fraction of sp³-hybridized carbons (Fsp3) is 0.643. The van der Waals surface area contributed by atoms with Gasteiger partial charge in [-0.05, 0) is 37.9 Å². The SMILES string of the molecule is C[C@H](N)c1cccc(C(C)(C)O[Si]C(C)(C)C)n1. The van der Waals surface area contributed by atoms with Crippen molar-refractivity contribution in [1.82, 2.24) is 4.98 Å². The van der Waals surface area contributed by atoms with Crippen LogP contribution in [0.1, 0.15) is 59.0 Å². The highest BCUT2D eigenvalue weighted by atomic mass is 28.2. The van der Waals surface area contributed by atoms with Crippen molar-refractivity contribution in [2.24, 2.45) is 5.73 Å². The van der Waals surface area contributed by atoms with Crippen LogP contribution in [-0.4, -0.2) is 14.7 Å². The summed E-state index contributed by atoms with van der Waals surface area (Å²) in [4.78, 5) is 4.60. The van der Waals surface area contributed by atoms with Crippen molar-refractivity contribution in [2.75, 3.05) is 0 Å². The largest absolute Gasteiger partial charge is 0.406 e. The standard InChI is InChI=1S/C14H24N2OSi/c1-10(15)11-8-7-9-12(16-11)14(5,6)17-18-13(2,3)4/h7-10H,15H2,1-6H3/t10-/m0/s1. The first-order valence-electron chi connectivity index (χ1n) is 6.30. The van der Waals surface area contributed by atoms with E-state index in [-0.39, 0.29) is 16.7 Å². The Morgan fingerprint density at radius 2 is 1.83 bits per heavy atom. The summed E-state index contributed by atoms with van der Waals surface area (Å²) in [6.07, 6.45) is 0. The van der Waals surface area contributed by atoms with Crippen molar-refractivity contribution < 1.29 is 4.43 Å². The third kappa shape index (κ3) is 4.52. The number of aromatic nitrogens is 1. The molecule has 0 bridgehead atoms. The van der Waals surface area contributed by atoms with Gasteiger partial charge in [0, 0.05) is 6.04 Å². The normalized spacial score (nSPS) is 14.6. The minimum absolute atomic E-state index is 0.0502. The monoisotopic (exact) mass is 264 g/mol. The maximum absolute atomic E-state index is 6.04. The molecule has 0 saturated heterocycles. The number of hydrogen-bond donors (Lipinski definition) is 1. The highest BCUT2D eigenvalue weighted by molar-refractivity contribution is 6.31. The summed E-state index contributed by atoms with van der Waals surface area (Å²) in [5.41, 5.74) is 7.33. The third-order valence-corrected chi connectivity index (χ3v) is 3.69. The van der Waals surface area contributed by atoms with E-state index < -0.39 is 0 Å². The van der Waals surface area contributed by atoms with Gasteiger partial charge in [0.05, 0.1) is 17.0 Å². The first-order chi connectivity index (χ1) is 8.12. The van der Waals surface area contributed by atoms with Crippen LogP contribution in [0.5, 0.6) is 0 Å². The van der Waals surface area contributed by atoms with E-state index >= 15 is 0 Å². The molecule has 100 valence electrons. The average molecular weight is 264 g/mol. The lowest BCUT2D eigenvalue weighted by atomic mass is 10.0. The van der Waals surface area contributed by atoms with Gasteiger partial charge in [0.15, 0.2) is 0 Å². The fourth-order valence-corrected chi connectivity index (χ4v) is 2.04. The van der Waals surface area contributed by atoms with Gasteiger partial charge in [0.25, 0.3) is 0 Å². The van der Waals surface area contributed by atoms with Gasteiger partial charge in [0.1, 0.15) is 0 Å². The molecule has 0 aliphatic heterocycles. The molecule has 2 N–H and O–H groups in total. The van der Waals surface area contributed by atoms with E-state index in [1.165, 1.54) is 0 Å². The lowest BCUT2D eigenvalue weighted by Crippen LogP contribution is -2.29. The van der Waals surface area contributed by atoms with Crippen molar-refractivity contribution in [3.05, 3.63) is 29.6 Å². The number of pyridine rings is 1. The molecule has 0 saturated carbocycles. The Morgan fingerprint density at radius 1 is 1.22 bits per heavy atom. The molecule has 1 atom stereocenters. The maximum Gasteiger partial charge on any atom is 0.237 e. The van der Waals surface area contributed by atoms with Crippen LogP contribution in [0.25, 0.3) is 0 Å². The summed E-state index contributed by atoms with van der Waals surface area (Å²) in [6.45, 7) is 12.6. The van der Waals surface area contributed by atoms with Gasteiger partial charge in [-0.1, -0.05) is 26.8 Å². The molecule has 3 nitrogen and oxygen atoms in total. The van der Waals surface area contributed by atoms with Crippen LogP contribution in [0.3, 0.4) is 0 Å². The number of nitrogens with two attached hydrogens (primary N) is 1. The smallest absolute Gasteiger partial charge is 0.237 e. The van der Waals surface area contributed by atoms with Gasteiger partial charge < -0.3 is 10.2 Å². The second-order valence-corrected chi connectivity index (χ2v) is 8.11. The highest BCUT2D eigenvalue weighted by Crippen LogP contribution is 2.28. The fourth-order valence-electron chi connectivity index (χ4n) is 1.37. The Bertz CT molecular complexity index is 397. The van der Waals surface area contributed by atoms with Gasteiger partial charge in [-0.15, -0.1) is 0 Å². The molecule has 0 amide bonds. The molecule has 0 unspecified atom stereocenters. The Balaban J connectivity index is 2.87. The van der Waals surface area contributed by atoms with Crippen LogP contribution in [-0.2, 0) is 10.0 Å². The van der Waals surface area contributed by atoms with Gasteiger partial charge >= 0.3 is 0 Å². The topological polar surface area (TPSA) is 48.1 Å². The van der Waals surface area contributed by atoms with Crippen LogP contribution in [0, 0.1) is 0 Å². The lowest BCUT2D eigenvalue weighted by Gasteiger charge is -2.29. The van der Waals surface area contributed by atoms with E-state index in [1.807, 2.05) is 25.1 Å². The second-order valence-electron chi connectivity index (χ2n) is 6.20. The quantitative estimate of drug-likeness (QED) is 0.850. The van der Waals surface area contributed by atoms with Crippen molar-refractivity contribution >= 4 is 9.76 Å². The Labute approximate surface area is 113 Å². The van der Waals surface area contributed by atoms with Gasteiger partial charge in [0.2, 0.25) is 9.76 Å². The molecule has 0 aliphatic carbocycles. The van der Waals surface area contributed by atoms with E-state index in [1.54, 1.807) is 0 Å². The third-order valence-electron chi connectivity index (χ3n) is 2.47. The van der Waals surface area contributed by atoms with E-state index in [0.29, 0.717) is 9.76 Å². The maximum atomic E-state index is 6.04. The minimum Gasteiger partial charge on any atom is -0.406 e. The molecule has 1 aromatic heterocycles. The zero-order chi connectivity index (χ0) is 14.0. The summed E-state index contributed by atoms with van der Waals surface area (Å²) in [7, 11) is 0.439. The highest BCUT2D eigenvalue weighted by Gasteiger charge is 2.26. The van der Waals surface area contributed by atoms with E-state index in [9.17, 15) is 0 Å². The van der Waals surface area contributed by atoms with E-state index in [4.69, 9.17) is 10.2 Å². The predicted octanol–water partition coefficient (Wildman–Crippen LogP) is 3.19. The van der Waals surface area contributed by atoms with Crippen molar-refractivity contribution in [2.45, 2.75) is 58.2 Å². The molecule has 0 aromatic carbocycles. The van der Waals surface area contributed by atoms with E-state index in [2.05, 4.69) is 39.6 Å². The minimum atomic E-state index is -0.378. The zero-order valence-electron chi connectivity index (χ0n) is 12.2. The molecule has 1 heterocycles. The summed E-state index contributed by atoms with van der Waals surface area (Å²) in [6, 6.07) is 5.90. The summed E-state index contributed by atoms with van der Waals surface area (Å²) < 4.78 is 6.04. The summed E-state index contributed by atoms with van der Waals surface area (Å²) in [5, 5.41) is 0.177. The molecule has 1 rings (SSSR count). The second kappa shape index (κ2) is 5.51. The molecule has 0 aliphatic rings. The average Bonchev–Trinajstić information content (AvgIpc) is 2.26. The molecule has 1 aromatic rings. The van der Waals surface area contributed by atoms with E-state index in [0.717, 1.165) is 11.4 Å². The summed E-state index contributed by atoms with van der Waals surface area (Å²) >= 11 is 0. The van der Waals surface area contributed by atoms with Gasteiger partial charge in [-0.3, -0.25) is 4.98 Å². The van der Waals surface area contributed by atoms with Crippen molar-refractivity contribution in [3.8, 4) is 0 Å². The van der Waals surface area contributed by atoms with Crippen LogP contribution < -0.4 is 5.73 Å². The molecule has 18 heavy (non-hydrogen) atoms. The van der Waals surface area contributed by atoms with Crippen molar-refractivity contribution in [3.63, 3.8) is 0 Å². The Morgan fingerprint density at radius 3 is 2.33 bits per heavy atom. The molecule has 0 fully saturated rings. The molecular weight excluding hydrogens is 240 g/mol. The van der Waals surface area contributed by atoms with Crippen LogP contribution >= 0.6 is 0 Å². The first-order valence-corrected chi connectivity index (χ1v) is 7.21. The number of rotatable bonds is 4. The number of nitrogens with zero attached hydrogens (tertiary/aromatic N) is 1. The molecular formula is C14H24N2OSi. The molecule has 0 spiro atoms. The molecule has 2 radical (unpaired) electrons. The van der Waals surface area contributed by atoms with Gasteiger partial charge in [-0.2, -0.15) is 0 Å². The zero-order valence-corrected chi connectivity index (χ0v) is 13.2. The van der Waals surface area contributed by atoms with Crippen LogP contribution in [0.2, 0.25) is 5.04 Å².